The van der Waals surface area contributed by atoms with Crippen LogP contribution in [0.5, 0.6) is 0 Å². The summed E-state index contributed by atoms with van der Waals surface area (Å²) in [5.41, 5.74) is 2.38. The van der Waals surface area contributed by atoms with Crippen LogP contribution in [0.15, 0.2) is 48.7 Å². The van der Waals surface area contributed by atoms with Crippen molar-refractivity contribution in [3.63, 3.8) is 0 Å². The molecule has 1 nitrogen and oxygen atoms in total. The second-order valence-electron chi connectivity index (χ2n) is 3.23. The van der Waals surface area contributed by atoms with Crippen LogP contribution in [0.3, 0.4) is 0 Å². The van der Waals surface area contributed by atoms with Gasteiger partial charge in [-0.15, -0.1) is 0 Å². The molecule has 0 radical (unpaired) electrons. The Morgan fingerprint density at radius 1 is 1.00 bits per heavy atom. The fourth-order valence-corrected chi connectivity index (χ4v) is 1.55. The summed E-state index contributed by atoms with van der Waals surface area (Å²) in [6.45, 7) is 0. The Hall–Kier alpha value is -1.41. The van der Waals surface area contributed by atoms with Gasteiger partial charge in [0.2, 0.25) is 0 Å². The summed E-state index contributed by atoms with van der Waals surface area (Å²) in [6.07, 6.45) is 1.99. The molecular formula is C12H11NS. The van der Waals surface area contributed by atoms with Crippen LogP contribution < -0.4 is 0 Å². The highest BCUT2D eigenvalue weighted by Gasteiger charge is 1.95. The van der Waals surface area contributed by atoms with E-state index in [0.29, 0.717) is 0 Å². The molecule has 1 aromatic heterocycles. The van der Waals surface area contributed by atoms with Crippen LogP contribution in [0.4, 0.5) is 0 Å². The van der Waals surface area contributed by atoms with Crippen molar-refractivity contribution in [3.8, 4) is 11.1 Å². The molecule has 0 aliphatic carbocycles. The summed E-state index contributed by atoms with van der Waals surface area (Å²) >= 11 is 5.20. The van der Waals surface area contributed by atoms with Crippen LogP contribution >= 0.6 is 12.2 Å². The minimum atomic E-state index is 0.853. The van der Waals surface area contributed by atoms with Gasteiger partial charge in [0.15, 0.2) is 0 Å². The molecule has 0 saturated heterocycles. The maximum Gasteiger partial charge on any atom is 0.106 e. The van der Waals surface area contributed by atoms with Crippen LogP contribution in [-0.2, 0) is 7.05 Å². The summed E-state index contributed by atoms with van der Waals surface area (Å²) in [4.78, 5) is 0. The van der Waals surface area contributed by atoms with Gasteiger partial charge >= 0.3 is 0 Å². The molecule has 2 aromatic rings. The van der Waals surface area contributed by atoms with E-state index < -0.39 is 0 Å². The zero-order valence-corrected chi connectivity index (χ0v) is 8.79. The van der Waals surface area contributed by atoms with E-state index >= 15 is 0 Å². The SMILES string of the molecule is Cn1ccc(-c2ccccc2)cc1=S. The molecule has 14 heavy (non-hydrogen) atoms. The first-order valence-electron chi connectivity index (χ1n) is 4.49. The predicted octanol–water partition coefficient (Wildman–Crippen LogP) is 3.42. The van der Waals surface area contributed by atoms with Crippen LogP contribution in [-0.4, -0.2) is 4.57 Å². The van der Waals surface area contributed by atoms with Gasteiger partial charge in [-0.1, -0.05) is 42.5 Å². The summed E-state index contributed by atoms with van der Waals surface area (Å²) < 4.78 is 2.79. The monoisotopic (exact) mass is 201 g/mol. The molecular weight excluding hydrogens is 190 g/mol. The molecule has 0 aliphatic rings. The predicted molar refractivity (Wildman–Crippen MR) is 61.7 cm³/mol. The average molecular weight is 201 g/mol. The minimum absolute atomic E-state index is 0.853. The Morgan fingerprint density at radius 3 is 2.36 bits per heavy atom. The van der Waals surface area contributed by atoms with Crippen molar-refractivity contribution in [2.45, 2.75) is 0 Å². The zero-order chi connectivity index (χ0) is 9.97. The van der Waals surface area contributed by atoms with Gasteiger partial charge in [-0.2, -0.15) is 0 Å². The van der Waals surface area contributed by atoms with Gasteiger partial charge in [0.1, 0.15) is 4.64 Å². The van der Waals surface area contributed by atoms with E-state index in [4.69, 9.17) is 12.2 Å². The topological polar surface area (TPSA) is 4.93 Å². The highest BCUT2D eigenvalue weighted by Crippen LogP contribution is 2.17. The van der Waals surface area contributed by atoms with Crippen molar-refractivity contribution < 1.29 is 0 Å². The fraction of sp³-hybridized carbons (Fsp3) is 0.0833. The van der Waals surface area contributed by atoms with Crippen LogP contribution in [0.1, 0.15) is 0 Å². The lowest BCUT2D eigenvalue weighted by molar-refractivity contribution is 0.889. The maximum atomic E-state index is 5.20. The second kappa shape index (κ2) is 3.76. The van der Waals surface area contributed by atoms with E-state index in [0.717, 1.165) is 4.64 Å². The van der Waals surface area contributed by atoms with Crippen molar-refractivity contribution >= 4 is 12.2 Å². The number of hydrogen-bond acceptors (Lipinski definition) is 1. The molecule has 2 heteroatoms. The minimum Gasteiger partial charge on any atom is -0.342 e. The molecule has 0 saturated carbocycles. The third kappa shape index (κ3) is 1.75. The van der Waals surface area contributed by atoms with Crippen molar-refractivity contribution in [2.75, 3.05) is 0 Å². The number of pyridine rings is 1. The lowest BCUT2D eigenvalue weighted by atomic mass is 10.1. The van der Waals surface area contributed by atoms with E-state index in [1.54, 1.807) is 0 Å². The summed E-state index contributed by atoms with van der Waals surface area (Å²) in [5, 5.41) is 0. The van der Waals surface area contributed by atoms with Crippen molar-refractivity contribution in [1.29, 1.82) is 0 Å². The third-order valence-corrected chi connectivity index (χ3v) is 2.62. The summed E-state index contributed by atoms with van der Waals surface area (Å²) in [7, 11) is 1.96. The van der Waals surface area contributed by atoms with E-state index in [1.807, 2.05) is 42.1 Å². The van der Waals surface area contributed by atoms with Gasteiger partial charge in [0, 0.05) is 13.2 Å². The number of aromatic nitrogens is 1. The number of hydrogen-bond donors (Lipinski definition) is 0. The molecule has 2 rings (SSSR count). The molecule has 1 heterocycles. The lowest BCUT2D eigenvalue weighted by Crippen LogP contribution is -1.90. The number of rotatable bonds is 1. The van der Waals surface area contributed by atoms with Gasteiger partial charge in [-0.25, -0.2) is 0 Å². The van der Waals surface area contributed by atoms with E-state index in [-0.39, 0.29) is 0 Å². The summed E-state index contributed by atoms with van der Waals surface area (Å²) in [6, 6.07) is 14.3. The van der Waals surface area contributed by atoms with Crippen molar-refractivity contribution in [2.24, 2.45) is 7.05 Å². The first-order chi connectivity index (χ1) is 6.77. The smallest absolute Gasteiger partial charge is 0.106 e. The van der Waals surface area contributed by atoms with Crippen LogP contribution in [0, 0.1) is 4.64 Å². The molecule has 0 unspecified atom stereocenters. The fourth-order valence-electron chi connectivity index (χ4n) is 1.36. The van der Waals surface area contributed by atoms with Gasteiger partial charge in [-0.3, -0.25) is 0 Å². The Morgan fingerprint density at radius 2 is 1.71 bits per heavy atom. The van der Waals surface area contributed by atoms with Crippen LogP contribution in [0.25, 0.3) is 11.1 Å². The largest absolute Gasteiger partial charge is 0.342 e. The quantitative estimate of drug-likeness (QED) is 0.640. The molecule has 0 spiro atoms. The van der Waals surface area contributed by atoms with Crippen molar-refractivity contribution in [1.82, 2.24) is 4.57 Å². The Labute approximate surface area is 88.6 Å². The van der Waals surface area contributed by atoms with Crippen LogP contribution in [0.2, 0.25) is 0 Å². The first kappa shape index (κ1) is 9.16. The maximum absolute atomic E-state index is 5.20. The molecule has 0 bridgehead atoms. The highest BCUT2D eigenvalue weighted by atomic mass is 32.1. The zero-order valence-electron chi connectivity index (χ0n) is 7.97. The van der Waals surface area contributed by atoms with Gasteiger partial charge in [0.25, 0.3) is 0 Å². The molecule has 0 amide bonds. The van der Waals surface area contributed by atoms with Crippen molar-refractivity contribution in [3.05, 3.63) is 53.3 Å². The number of nitrogens with zero attached hydrogens (tertiary/aromatic N) is 1. The Bertz CT molecular complexity index is 485. The molecule has 1 aromatic carbocycles. The standard InChI is InChI=1S/C12H11NS/c1-13-8-7-11(9-12(13)14)10-5-3-2-4-6-10/h2-9H,1H3. The van der Waals surface area contributed by atoms with Gasteiger partial charge < -0.3 is 4.57 Å². The second-order valence-corrected chi connectivity index (χ2v) is 3.65. The summed E-state index contributed by atoms with van der Waals surface area (Å²) in [5.74, 6) is 0. The first-order valence-corrected chi connectivity index (χ1v) is 4.90. The highest BCUT2D eigenvalue weighted by molar-refractivity contribution is 7.71. The number of aryl methyl sites for hydroxylation is 1. The third-order valence-electron chi connectivity index (χ3n) is 2.21. The molecule has 0 N–H and O–H groups in total. The molecule has 0 aliphatic heterocycles. The molecule has 70 valence electrons. The Balaban J connectivity index is 2.54. The van der Waals surface area contributed by atoms with E-state index in [1.165, 1.54) is 11.1 Å². The molecule has 0 atom stereocenters. The Kier molecular flexibility index (Phi) is 2.46. The van der Waals surface area contributed by atoms with E-state index in [2.05, 4.69) is 18.2 Å². The molecule has 0 fully saturated rings. The van der Waals surface area contributed by atoms with E-state index in [9.17, 15) is 0 Å². The lowest BCUT2D eigenvalue weighted by Gasteiger charge is -2.03. The van der Waals surface area contributed by atoms with Gasteiger partial charge in [0.05, 0.1) is 0 Å². The average Bonchev–Trinajstić information content (AvgIpc) is 2.23. The number of benzene rings is 1. The van der Waals surface area contributed by atoms with Gasteiger partial charge in [-0.05, 0) is 23.3 Å². The normalized spacial score (nSPS) is 10.1.